The zero-order valence-corrected chi connectivity index (χ0v) is 8.19. The lowest BCUT2D eigenvalue weighted by Gasteiger charge is -2.07. The van der Waals surface area contributed by atoms with Gasteiger partial charge in [0.05, 0.1) is 12.8 Å². The van der Waals surface area contributed by atoms with Crippen molar-refractivity contribution in [2.45, 2.75) is 13.3 Å². The molecule has 0 saturated heterocycles. The number of nitrogen functional groups attached to an aromatic ring is 1. The van der Waals surface area contributed by atoms with E-state index < -0.39 is 0 Å². The molecule has 0 aliphatic heterocycles. The molecule has 0 fully saturated rings. The van der Waals surface area contributed by atoms with Crippen LogP contribution in [-0.2, 0) is 6.42 Å². The summed E-state index contributed by atoms with van der Waals surface area (Å²) in [4.78, 5) is 0. The lowest BCUT2D eigenvalue weighted by atomic mass is 10.4. The van der Waals surface area contributed by atoms with E-state index in [1.807, 2.05) is 17.4 Å². The number of hydrogen-bond acceptors (Lipinski definition) is 4. The Morgan fingerprint density at radius 2 is 2.21 bits per heavy atom. The number of methoxy groups -OCH3 is 1. The van der Waals surface area contributed by atoms with Gasteiger partial charge < -0.3 is 10.5 Å². The molecule has 2 N–H and O–H groups in total. The van der Waals surface area contributed by atoms with Crippen LogP contribution in [0, 0.1) is 0 Å². The number of fused-ring (bicyclic) bond motifs is 1. The van der Waals surface area contributed by atoms with Crippen molar-refractivity contribution in [2.24, 2.45) is 0 Å². The third-order valence-electron chi connectivity index (χ3n) is 2.13. The van der Waals surface area contributed by atoms with E-state index in [2.05, 4.69) is 10.2 Å². The third kappa shape index (κ3) is 1.09. The second kappa shape index (κ2) is 3.17. The molecule has 5 heteroatoms. The molecule has 74 valence electrons. The number of nitrogens with two attached hydrogens (primary N) is 1. The van der Waals surface area contributed by atoms with Crippen LogP contribution in [-0.4, -0.2) is 21.7 Å². The molecule has 2 heterocycles. The van der Waals surface area contributed by atoms with E-state index in [-0.39, 0.29) is 0 Å². The summed E-state index contributed by atoms with van der Waals surface area (Å²) in [6, 6.07) is 3.59. The summed E-state index contributed by atoms with van der Waals surface area (Å²) < 4.78 is 7.05. The Balaban J connectivity index is 2.81. The van der Waals surface area contributed by atoms with Crippen molar-refractivity contribution in [3.63, 3.8) is 0 Å². The Morgan fingerprint density at radius 1 is 1.43 bits per heavy atom. The quantitative estimate of drug-likeness (QED) is 0.767. The van der Waals surface area contributed by atoms with Crippen LogP contribution < -0.4 is 10.5 Å². The lowest BCUT2D eigenvalue weighted by Crippen LogP contribution is -2.02. The predicted octanol–water partition coefficient (Wildman–Crippen LogP) is 0.882. The minimum absolute atomic E-state index is 0.592. The maximum absolute atomic E-state index is 5.78. The van der Waals surface area contributed by atoms with Crippen LogP contribution in [0.2, 0.25) is 0 Å². The number of aryl methyl sites for hydroxylation is 1. The first-order valence-electron chi connectivity index (χ1n) is 4.44. The Kier molecular flexibility index (Phi) is 1.99. The molecule has 0 bridgehead atoms. The average molecular weight is 192 g/mol. The molecule has 2 aromatic rings. The van der Waals surface area contributed by atoms with Gasteiger partial charge >= 0.3 is 0 Å². The number of rotatable bonds is 2. The molecule has 0 saturated carbocycles. The van der Waals surface area contributed by atoms with Gasteiger partial charge in [0.25, 0.3) is 0 Å². The van der Waals surface area contributed by atoms with Crippen LogP contribution in [0.25, 0.3) is 5.65 Å². The second-order valence-electron chi connectivity index (χ2n) is 2.96. The van der Waals surface area contributed by atoms with Crippen molar-refractivity contribution in [1.29, 1.82) is 0 Å². The molecule has 5 nitrogen and oxygen atoms in total. The van der Waals surface area contributed by atoms with E-state index in [4.69, 9.17) is 10.5 Å². The Bertz CT molecular complexity index is 463. The van der Waals surface area contributed by atoms with Gasteiger partial charge in [-0.1, -0.05) is 6.92 Å². The first kappa shape index (κ1) is 8.80. The zero-order chi connectivity index (χ0) is 10.1. The molecular formula is C9H12N4O. The summed E-state index contributed by atoms with van der Waals surface area (Å²) in [6.45, 7) is 2.01. The normalized spacial score (nSPS) is 10.7. The Morgan fingerprint density at radius 3 is 2.86 bits per heavy atom. The highest BCUT2D eigenvalue weighted by molar-refractivity contribution is 5.56. The number of nitrogens with zero attached hydrogens (tertiary/aromatic N) is 3. The molecule has 0 radical (unpaired) electrons. The number of hydrogen-bond donors (Lipinski definition) is 1. The summed E-state index contributed by atoms with van der Waals surface area (Å²) in [7, 11) is 1.59. The fraction of sp³-hybridized carbons (Fsp3) is 0.333. The van der Waals surface area contributed by atoms with Crippen molar-refractivity contribution in [3.8, 4) is 5.88 Å². The smallest absolute Gasteiger partial charge is 0.224 e. The number of anilines is 1. The van der Waals surface area contributed by atoms with Gasteiger partial charge in [-0.3, -0.25) is 0 Å². The van der Waals surface area contributed by atoms with Crippen molar-refractivity contribution in [1.82, 2.24) is 14.6 Å². The number of pyridine rings is 1. The van der Waals surface area contributed by atoms with Gasteiger partial charge in [-0.2, -0.15) is 0 Å². The standard InChI is InChI=1S/C9H12N4O/c1-3-7-11-12-8-5-4-6(10)9(14-2)13(7)8/h4-5H,3,10H2,1-2H3. The van der Waals surface area contributed by atoms with Crippen molar-refractivity contribution in [3.05, 3.63) is 18.0 Å². The van der Waals surface area contributed by atoms with Gasteiger partial charge in [0.2, 0.25) is 5.88 Å². The van der Waals surface area contributed by atoms with Crippen molar-refractivity contribution < 1.29 is 4.74 Å². The summed E-state index contributed by atoms with van der Waals surface area (Å²) in [5.74, 6) is 1.45. The van der Waals surface area contributed by atoms with Crippen LogP contribution in [0.5, 0.6) is 5.88 Å². The first-order chi connectivity index (χ1) is 6.77. The van der Waals surface area contributed by atoms with Crippen LogP contribution in [0.3, 0.4) is 0 Å². The predicted molar refractivity (Wildman–Crippen MR) is 53.3 cm³/mol. The van der Waals surface area contributed by atoms with Crippen LogP contribution in [0.4, 0.5) is 5.69 Å². The zero-order valence-electron chi connectivity index (χ0n) is 8.19. The monoisotopic (exact) mass is 192 g/mol. The summed E-state index contributed by atoms with van der Waals surface area (Å²) in [6.07, 6.45) is 0.793. The molecule has 0 aliphatic rings. The minimum atomic E-state index is 0.592. The molecule has 0 spiro atoms. The summed E-state index contributed by atoms with van der Waals surface area (Å²) >= 11 is 0. The van der Waals surface area contributed by atoms with Crippen LogP contribution >= 0.6 is 0 Å². The molecule has 0 aliphatic carbocycles. The van der Waals surface area contributed by atoms with Gasteiger partial charge in [-0.15, -0.1) is 10.2 Å². The van der Waals surface area contributed by atoms with Gasteiger partial charge in [0, 0.05) is 6.42 Å². The molecule has 14 heavy (non-hydrogen) atoms. The van der Waals surface area contributed by atoms with E-state index in [1.54, 1.807) is 13.2 Å². The molecule has 2 aromatic heterocycles. The Hall–Kier alpha value is -1.78. The largest absolute Gasteiger partial charge is 0.480 e. The summed E-state index contributed by atoms with van der Waals surface area (Å²) in [5.41, 5.74) is 7.13. The van der Waals surface area contributed by atoms with Gasteiger partial charge in [0.1, 0.15) is 5.82 Å². The molecule has 0 atom stereocenters. The lowest BCUT2D eigenvalue weighted by molar-refractivity contribution is 0.392. The first-order valence-corrected chi connectivity index (χ1v) is 4.44. The topological polar surface area (TPSA) is 65.4 Å². The average Bonchev–Trinajstić information content (AvgIpc) is 2.61. The second-order valence-corrected chi connectivity index (χ2v) is 2.96. The minimum Gasteiger partial charge on any atom is -0.480 e. The van der Waals surface area contributed by atoms with Crippen LogP contribution in [0.15, 0.2) is 12.1 Å². The van der Waals surface area contributed by atoms with Crippen molar-refractivity contribution in [2.75, 3.05) is 12.8 Å². The van der Waals surface area contributed by atoms with Crippen LogP contribution in [0.1, 0.15) is 12.7 Å². The summed E-state index contributed by atoms with van der Waals surface area (Å²) in [5, 5.41) is 8.06. The fourth-order valence-electron chi connectivity index (χ4n) is 1.46. The highest BCUT2D eigenvalue weighted by atomic mass is 16.5. The van der Waals surface area contributed by atoms with E-state index in [0.29, 0.717) is 11.6 Å². The van der Waals surface area contributed by atoms with Crippen molar-refractivity contribution >= 4 is 11.3 Å². The number of ether oxygens (including phenoxy) is 1. The molecule has 0 amide bonds. The molecule has 2 rings (SSSR count). The van der Waals surface area contributed by atoms with Gasteiger partial charge in [-0.25, -0.2) is 4.40 Å². The highest BCUT2D eigenvalue weighted by Gasteiger charge is 2.10. The maximum Gasteiger partial charge on any atom is 0.224 e. The fourth-order valence-corrected chi connectivity index (χ4v) is 1.46. The Labute approximate surface area is 81.5 Å². The van der Waals surface area contributed by atoms with E-state index >= 15 is 0 Å². The molecular weight excluding hydrogens is 180 g/mol. The number of aromatic nitrogens is 3. The highest BCUT2D eigenvalue weighted by Crippen LogP contribution is 2.23. The van der Waals surface area contributed by atoms with Gasteiger partial charge in [-0.05, 0) is 12.1 Å². The SMILES string of the molecule is CCc1nnc2ccc(N)c(OC)n12. The molecule has 0 aromatic carbocycles. The van der Waals surface area contributed by atoms with E-state index in [9.17, 15) is 0 Å². The van der Waals surface area contributed by atoms with E-state index in [1.165, 1.54) is 0 Å². The molecule has 0 unspecified atom stereocenters. The van der Waals surface area contributed by atoms with Gasteiger partial charge in [0.15, 0.2) is 5.65 Å². The van der Waals surface area contributed by atoms with E-state index in [0.717, 1.165) is 17.9 Å². The maximum atomic E-state index is 5.78. The third-order valence-corrected chi connectivity index (χ3v) is 2.13.